The molecule has 4 nitrogen and oxygen atoms in total. The van der Waals surface area contributed by atoms with Gasteiger partial charge >= 0.3 is 0 Å². The first-order valence-electron chi connectivity index (χ1n) is 6.25. The van der Waals surface area contributed by atoms with Gasteiger partial charge in [0.05, 0.1) is 12.6 Å². The van der Waals surface area contributed by atoms with E-state index < -0.39 is 6.10 Å². The molecule has 4 heteroatoms. The summed E-state index contributed by atoms with van der Waals surface area (Å²) in [6, 6.07) is 0. The molecule has 0 aromatic carbocycles. The maximum atomic E-state index is 11.6. The van der Waals surface area contributed by atoms with Crippen molar-refractivity contribution in [3.63, 3.8) is 0 Å². The fraction of sp³-hybridized carbons (Fsp3) is 0.769. The third-order valence-electron chi connectivity index (χ3n) is 3.25. The van der Waals surface area contributed by atoms with E-state index in [1.807, 2.05) is 0 Å². The highest BCUT2D eigenvalue weighted by atomic mass is 16.5. The van der Waals surface area contributed by atoms with Crippen molar-refractivity contribution in [2.24, 2.45) is 11.7 Å². The fourth-order valence-corrected chi connectivity index (χ4v) is 2.23. The van der Waals surface area contributed by atoms with Gasteiger partial charge in [-0.25, -0.2) is 0 Å². The van der Waals surface area contributed by atoms with Crippen molar-refractivity contribution in [1.82, 2.24) is 5.32 Å². The zero-order valence-corrected chi connectivity index (χ0v) is 10.4. The molecule has 17 heavy (non-hydrogen) atoms. The first-order chi connectivity index (χ1) is 8.19. The van der Waals surface area contributed by atoms with Crippen LogP contribution in [0, 0.1) is 18.3 Å². The summed E-state index contributed by atoms with van der Waals surface area (Å²) in [5.41, 5.74) is 5.72. The zero-order chi connectivity index (χ0) is 12.7. The molecule has 0 radical (unpaired) electrons. The third-order valence-corrected chi connectivity index (χ3v) is 3.25. The average molecular weight is 238 g/mol. The first kappa shape index (κ1) is 14.0. The molecule has 3 atom stereocenters. The molecule has 0 aliphatic heterocycles. The number of amides is 1. The maximum absolute atomic E-state index is 11.6. The van der Waals surface area contributed by atoms with Crippen molar-refractivity contribution < 1.29 is 9.53 Å². The van der Waals surface area contributed by atoms with Gasteiger partial charge in [0, 0.05) is 0 Å². The van der Waals surface area contributed by atoms with Gasteiger partial charge in [0.1, 0.15) is 6.10 Å². The molecule has 1 aliphatic carbocycles. The number of ether oxygens (including phenoxy) is 1. The summed E-state index contributed by atoms with van der Waals surface area (Å²) in [4.78, 5) is 11.6. The van der Waals surface area contributed by atoms with Crippen molar-refractivity contribution in [2.45, 2.75) is 44.8 Å². The second kappa shape index (κ2) is 7.31. The molecular formula is C13H22N2O2. The Morgan fingerprint density at radius 3 is 2.94 bits per heavy atom. The molecule has 0 aromatic heterocycles. The molecule has 1 saturated carbocycles. The summed E-state index contributed by atoms with van der Waals surface area (Å²) < 4.78 is 5.79. The molecule has 0 aromatic rings. The zero-order valence-electron chi connectivity index (χ0n) is 10.4. The van der Waals surface area contributed by atoms with Gasteiger partial charge in [0.2, 0.25) is 5.91 Å². The Morgan fingerprint density at radius 1 is 1.59 bits per heavy atom. The standard InChI is InChI=1S/C13H22N2O2/c1-3-8-15-13(16)10(2)17-12-7-5-4-6-11(12)9-14/h1,10-12H,4-9,14H2,2H3,(H,15,16). The first-order valence-corrected chi connectivity index (χ1v) is 6.25. The molecule has 96 valence electrons. The number of terminal acetylenes is 1. The van der Waals surface area contributed by atoms with Gasteiger partial charge in [-0.3, -0.25) is 4.79 Å². The van der Waals surface area contributed by atoms with Crippen LogP contribution >= 0.6 is 0 Å². The van der Waals surface area contributed by atoms with Crippen LogP contribution in [0.2, 0.25) is 0 Å². The van der Waals surface area contributed by atoms with E-state index in [2.05, 4.69) is 11.2 Å². The van der Waals surface area contributed by atoms with E-state index in [0.717, 1.165) is 19.3 Å². The number of nitrogens with one attached hydrogen (secondary N) is 1. The minimum absolute atomic E-state index is 0.111. The van der Waals surface area contributed by atoms with Gasteiger partial charge in [-0.15, -0.1) is 6.42 Å². The van der Waals surface area contributed by atoms with E-state index in [1.165, 1.54) is 6.42 Å². The average Bonchev–Trinajstić information content (AvgIpc) is 2.36. The second-order valence-corrected chi connectivity index (χ2v) is 4.52. The summed E-state index contributed by atoms with van der Waals surface area (Å²) in [5, 5.41) is 2.62. The summed E-state index contributed by atoms with van der Waals surface area (Å²) in [6.07, 6.45) is 9.19. The van der Waals surface area contributed by atoms with Crippen molar-refractivity contribution in [3.05, 3.63) is 0 Å². The number of carbonyl (C=O) groups excluding carboxylic acids is 1. The van der Waals surface area contributed by atoms with Crippen LogP contribution in [0.1, 0.15) is 32.6 Å². The number of hydrogen-bond donors (Lipinski definition) is 2. The van der Waals surface area contributed by atoms with E-state index in [0.29, 0.717) is 12.5 Å². The second-order valence-electron chi connectivity index (χ2n) is 4.52. The monoisotopic (exact) mass is 238 g/mol. The summed E-state index contributed by atoms with van der Waals surface area (Å²) in [7, 11) is 0. The van der Waals surface area contributed by atoms with Crippen LogP contribution in [0.25, 0.3) is 0 Å². The Kier molecular flexibility index (Phi) is 6.03. The van der Waals surface area contributed by atoms with Gasteiger partial charge < -0.3 is 15.8 Å². The summed E-state index contributed by atoms with van der Waals surface area (Å²) in [6.45, 7) is 2.63. The van der Waals surface area contributed by atoms with Crippen LogP contribution in [-0.2, 0) is 9.53 Å². The van der Waals surface area contributed by atoms with Crippen molar-refractivity contribution >= 4 is 5.91 Å². The quantitative estimate of drug-likeness (QED) is 0.692. The lowest BCUT2D eigenvalue weighted by Crippen LogP contribution is -2.41. The SMILES string of the molecule is C#CCNC(=O)C(C)OC1CCCCC1CN. The number of carbonyl (C=O) groups is 1. The smallest absolute Gasteiger partial charge is 0.249 e. The molecule has 1 amide bonds. The van der Waals surface area contributed by atoms with E-state index in [4.69, 9.17) is 16.9 Å². The third kappa shape index (κ3) is 4.37. The Balaban J connectivity index is 2.40. The molecule has 0 bridgehead atoms. The molecule has 1 aliphatic rings. The van der Waals surface area contributed by atoms with Crippen LogP contribution in [0.3, 0.4) is 0 Å². The van der Waals surface area contributed by atoms with Crippen molar-refractivity contribution in [3.8, 4) is 12.3 Å². The number of nitrogens with two attached hydrogens (primary N) is 1. The largest absolute Gasteiger partial charge is 0.365 e. The topological polar surface area (TPSA) is 64.3 Å². The molecular weight excluding hydrogens is 216 g/mol. The van der Waals surface area contributed by atoms with Gasteiger partial charge in [0.25, 0.3) is 0 Å². The lowest BCUT2D eigenvalue weighted by atomic mass is 9.86. The lowest BCUT2D eigenvalue weighted by Gasteiger charge is -2.32. The number of rotatable bonds is 5. The van der Waals surface area contributed by atoms with Gasteiger partial charge in [-0.1, -0.05) is 18.8 Å². The van der Waals surface area contributed by atoms with Crippen LogP contribution < -0.4 is 11.1 Å². The Hall–Kier alpha value is -1.05. The van der Waals surface area contributed by atoms with Crippen LogP contribution in [0.15, 0.2) is 0 Å². The molecule has 0 heterocycles. The van der Waals surface area contributed by atoms with Crippen LogP contribution in [0.5, 0.6) is 0 Å². The molecule has 1 fully saturated rings. The minimum Gasteiger partial charge on any atom is -0.365 e. The highest BCUT2D eigenvalue weighted by molar-refractivity contribution is 5.80. The molecule has 1 rings (SSSR count). The van der Waals surface area contributed by atoms with Gasteiger partial charge in [0.15, 0.2) is 0 Å². The van der Waals surface area contributed by atoms with Crippen LogP contribution in [0.4, 0.5) is 0 Å². The van der Waals surface area contributed by atoms with Crippen molar-refractivity contribution in [1.29, 1.82) is 0 Å². The normalized spacial score (nSPS) is 25.9. The highest BCUT2D eigenvalue weighted by Gasteiger charge is 2.27. The molecule has 3 N–H and O–H groups in total. The van der Waals surface area contributed by atoms with Gasteiger partial charge in [-0.2, -0.15) is 0 Å². The summed E-state index contributed by atoms with van der Waals surface area (Å²) in [5.74, 6) is 2.60. The predicted molar refractivity (Wildman–Crippen MR) is 67.2 cm³/mol. The molecule has 3 unspecified atom stereocenters. The highest BCUT2D eigenvalue weighted by Crippen LogP contribution is 2.26. The van der Waals surface area contributed by atoms with E-state index in [1.54, 1.807) is 6.92 Å². The van der Waals surface area contributed by atoms with E-state index >= 15 is 0 Å². The van der Waals surface area contributed by atoms with Crippen molar-refractivity contribution in [2.75, 3.05) is 13.1 Å². The van der Waals surface area contributed by atoms with Gasteiger partial charge in [-0.05, 0) is 32.2 Å². The lowest BCUT2D eigenvalue weighted by molar-refractivity contribution is -0.138. The van der Waals surface area contributed by atoms with E-state index in [-0.39, 0.29) is 18.6 Å². The summed E-state index contributed by atoms with van der Waals surface area (Å²) >= 11 is 0. The Morgan fingerprint density at radius 2 is 2.29 bits per heavy atom. The predicted octanol–water partition coefficient (Wildman–Crippen LogP) is 0.658. The minimum atomic E-state index is -0.458. The Bertz CT molecular complexity index is 286. The molecule has 0 saturated heterocycles. The fourth-order valence-electron chi connectivity index (χ4n) is 2.23. The number of hydrogen-bond acceptors (Lipinski definition) is 3. The maximum Gasteiger partial charge on any atom is 0.249 e. The van der Waals surface area contributed by atoms with Crippen LogP contribution in [-0.4, -0.2) is 31.2 Å². The Labute approximate surface area is 103 Å². The van der Waals surface area contributed by atoms with E-state index in [9.17, 15) is 4.79 Å². The molecule has 0 spiro atoms.